The molecule has 0 saturated carbocycles. The molecule has 1 aromatic heterocycles. The number of rotatable bonds is 9. The standard InChI is InChI=1S/C29H25F3N4O4S/c1-3-39-21-11-9-19(10-12-21)36-27(38)25-17(2)34-28(22(15-33)26(25)23-8-5-13-40-23)41-16-24(37)35-20-7-4-6-18(14-20)29(30,31)32/h4-14,26,34H,3,16H2,1-2H3,(H,35,37)(H,36,38). The van der Waals surface area contributed by atoms with Crippen molar-refractivity contribution in [1.82, 2.24) is 5.32 Å². The molecule has 0 aliphatic carbocycles. The molecule has 2 heterocycles. The highest BCUT2D eigenvalue weighted by Crippen LogP contribution is 2.41. The number of benzene rings is 2. The topological polar surface area (TPSA) is 116 Å². The number of carbonyl (C=O) groups excluding carboxylic acids is 2. The smallest absolute Gasteiger partial charge is 0.416 e. The predicted octanol–water partition coefficient (Wildman–Crippen LogP) is 6.40. The highest BCUT2D eigenvalue weighted by molar-refractivity contribution is 8.03. The van der Waals surface area contributed by atoms with E-state index in [1.807, 2.05) is 6.92 Å². The third kappa shape index (κ3) is 7.12. The van der Waals surface area contributed by atoms with Crippen LogP contribution in [0.4, 0.5) is 24.5 Å². The number of allylic oxidation sites excluding steroid dienone is 2. The van der Waals surface area contributed by atoms with Gasteiger partial charge in [0.15, 0.2) is 0 Å². The molecular formula is C29H25F3N4O4S. The molecule has 0 bridgehead atoms. The Morgan fingerprint density at radius 3 is 2.49 bits per heavy atom. The number of alkyl halides is 3. The number of nitriles is 1. The van der Waals surface area contributed by atoms with Crippen molar-refractivity contribution in [2.45, 2.75) is 25.9 Å². The largest absolute Gasteiger partial charge is 0.494 e. The van der Waals surface area contributed by atoms with Gasteiger partial charge in [-0.05, 0) is 68.4 Å². The van der Waals surface area contributed by atoms with Gasteiger partial charge in [-0.2, -0.15) is 18.4 Å². The Labute approximate surface area is 238 Å². The van der Waals surface area contributed by atoms with Crippen molar-refractivity contribution in [1.29, 1.82) is 5.26 Å². The number of carbonyl (C=O) groups is 2. The van der Waals surface area contributed by atoms with Gasteiger partial charge in [-0.1, -0.05) is 17.8 Å². The molecule has 4 rings (SSSR count). The highest BCUT2D eigenvalue weighted by Gasteiger charge is 2.36. The lowest BCUT2D eigenvalue weighted by Gasteiger charge is -2.28. The fourth-order valence-electron chi connectivity index (χ4n) is 4.18. The van der Waals surface area contributed by atoms with E-state index in [-0.39, 0.29) is 22.6 Å². The van der Waals surface area contributed by atoms with Gasteiger partial charge in [-0.3, -0.25) is 9.59 Å². The van der Waals surface area contributed by atoms with E-state index < -0.39 is 29.5 Å². The molecule has 0 spiro atoms. The van der Waals surface area contributed by atoms with Gasteiger partial charge in [0.2, 0.25) is 5.91 Å². The number of thioether (sulfide) groups is 1. The summed E-state index contributed by atoms with van der Waals surface area (Å²) in [6, 6.07) is 16.6. The van der Waals surface area contributed by atoms with Crippen molar-refractivity contribution in [2.75, 3.05) is 23.0 Å². The molecule has 1 atom stereocenters. The lowest BCUT2D eigenvalue weighted by atomic mass is 9.85. The first kappa shape index (κ1) is 29.4. The second kappa shape index (κ2) is 12.7. The summed E-state index contributed by atoms with van der Waals surface area (Å²) in [4.78, 5) is 26.1. The summed E-state index contributed by atoms with van der Waals surface area (Å²) in [5, 5.41) is 18.8. The van der Waals surface area contributed by atoms with E-state index in [2.05, 4.69) is 22.0 Å². The van der Waals surface area contributed by atoms with Gasteiger partial charge >= 0.3 is 6.18 Å². The van der Waals surface area contributed by atoms with Crippen molar-refractivity contribution in [2.24, 2.45) is 0 Å². The third-order valence-corrected chi connectivity index (χ3v) is 6.98. The van der Waals surface area contributed by atoms with Crippen LogP contribution in [0.1, 0.15) is 31.1 Å². The van der Waals surface area contributed by atoms with E-state index in [1.165, 1.54) is 18.4 Å². The molecule has 1 aliphatic heterocycles. The van der Waals surface area contributed by atoms with Crippen LogP contribution in [0.15, 0.2) is 93.2 Å². The van der Waals surface area contributed by atoms with E-state index in [4.69, 9.17) is 9.15 Å². The number of furan rings is 1. The zero-order valence-electron chi connectivity index (χ0n) is 22.0. The number of nitrogens with one attached hydrogen (secondary N) is 3. The Kier molecular flexibility index (Phi) is 9.09. The third-order valence-electron chi connectivity index (χ3n) is 5.96. The summed E-state index contributed by atoms with van der Waals surface area (Å²) in [7, 11) is 0. The molecule has 1 aliphatic rings. The number of hydrogen-bond donors (Lipinski definition) is 3. The van der Waals surface area contributed by atoms with Gasteiger partial charge in [0.1, 0.15) is 11.5 Å². The molecule has 12 heteroatoms. The molecule has 0 saturated heterocycles. The molecule has 1 unspecified atom stereocenters. The van der Waals surface area contributed by atoms with Crippen LogP contribution in [-0.2, 0) is 15.8 Å². The molecule has 8 nitrogen and oxygen atoms in total. The second-order valence-electron chi connectivity index (χ2n) is 8.79. The zero-order chi connectivity index (χ0) is 29.6. The molecule has 3 aromatic rings. The Morgan fingerprint density at radius 1 is 1.10 bits per heavy atom. The Balaban J connectivity index is 1.53. The summed E-state index contributed by atoms with van der Waals surface area (Å²) in [5.41, 5.74) is 0.474. The number of ether oxygens (including phenoxy) is 1. The summed E-state index contributed by atoms with van der Waals surface area (Å²) in [5.74, 6) is -1.10. The summed E-state index contributed by atoms with van der Waals surface area (Å²) in [6.07, 6.45) is -3.12. The van der Waals surface area contributed by atoms with Crippen LogP contribution in [0, 0.1) is 11.3 Å². The van der Waals surface area contributed by atoms with E-state index in [0.29, 0.717) is 34.5 Å². The number of halogens is 3. The summed E-state index contributed by atoms with van der Waals surface area (Å²) in [6.45, 7) is 4.04. The molecule has 0 fully saturated rings. The number of dihydropyridines is 1. The quantitative estimate of drug-likeness (QED) is 0.267. The Bertz CT molecular complexity index is 1520. The monoisotopic (exact) mass is 582 g/mol. The minimum atomic E-state index is -4.55. The molecule has 212 valence electrons. The van der Waals surface area contributed by atoms with Gasteiger partial charge in [0.25, 0.3) is 5.91 Å². The van der Waals surface area contributed by atoms with E-state index in [9.17, 15) is 28.0 Å². The van der Waals surface area contributed by atoms with Gasteiger partial charge in [-0.15, -0.1) is 0 Å². The van der Waals surface area contributed by atoms with Crippen molar-refractivity contribution < 1.29 is 31.9 Å². The highest BCUT2D eigenvalue weighted by atomic mass is 32.2. The van der Waals surface area contributed by atoms with E-state index in [0.717, 1.165) is 23.9 Å². The van der Waals surface area contributed by atoms with Crippen LogP contribution < -0.4 is 20.7 Å². The molecular weight excluding hydrogens is 557 g/mol. The van der Waals surface area contributed by atoms with Gasteiger partial charge in [0, 0.05) is 17.1 Å². The summed E-state index contributed by atoms with van der Waals surface area (Å²) < 4.78 is 50.1. The van der Waals surface area contributed by atoms with Crippen LogP contribution in [0.25, 0.3) is 0 Å². The first-order valence-corrected chi connectivity index (χ1v) is 13.4. The van der Waals surface area contributed by atoms with Gasteiger partial charge < -0.3 is 25.1 Å². The van der Waals surface area contributed by atoms with Crippen molar-refractivity contribution in [3.8, 4) is 11.8 Å². The van der Waals surface area contributed by atoms with Crippen LogP contribution in [0.2, 0.25) is 0 Å². The number of anilines is 2. The van der Waals surface area contributed by atoms with Gasteiger partial charge in [0.05, 0.1) is 52.3 Å². The summed E-state index contributed by atoms with van der Waals surface area (Å²) >= 11 is 0.986. The average molecular weight is 583 g/mol. The Hall–Kier alpha value is -4.63. The molecule has 2 amide bonds. The number of hydrogen-bond acceptors (Lipinski definition) is 7. The van der Waals surface area contributed by atoms with E-state index >= 15 is 0 Å². The van der Waals surface area contributed by atoms with Crippen molar-refractivity contribution in [3.63, 3.8) is 0 Å². The normalized spacial score (nSPS) is 15.2. The van der Waals surface area contributed by atoms with Gasteiger partial charge in [-0.25, -0.2) is 0 Å². The first-order chi connectivity index (χ1) is 19.6. The van der Waals surface area contributed by atoms with Crippen LogP contribution in [0.5, 0.6) is 5.75 Å². The Morgan fingerprint density at radius 2 is 1.85 bits per heavy atom. The average Bonchev–Trinajstić information content (AvgIpc) is 3.47. The number of nitrogens with zero attached hydrogens (tertiary/aromatic N) is 1. The van der Waals surface area contributed by atoms with Crippen LogP contribution in [0.3, 0.4) is 0 Å². The van der Waals surface area contributed by atoms with Crippen LogP contribution >= 0.6 is 11.8 Å². The maximum Gasteiger partial charge on any atom is 0.416 e. The minimum Gasteiger partial charge on any atom is -0.494 e. The fraction of sp³-hybridized carbons (Fsp3) is 0.207. The fourth-order valence-corrected chi connectivity index (χ4v) is 5.07. The molecule has 3 N–H and O–H groups in total. The second-order valence-corrected chi connectivity index (χ2v) is 9.78. The minimum absolute atomic E-state index is 0.00528. The lowest BCUT2D eigenvalue weighted by molar-refractivity contribution is -0.137. The first-order valence-electron chi connectivity index (χ1n) is 12.4. The predicted molar refractivity (Wildman–Crippen MR) is 149 cm³/mol. The maximum absolute atomic E-state index is 13.5. The maximum atomic E-state index is 13.5. The molecule has 0 radical (unpaired) electrons. The van der Waals surface area contributed by atoms with Crippen molar-refractivity contribution in [3.05, 3.63) is 100 Å². The number of amides is 2. The molecule has 41 heavy (non-hydrogen) atoms. The van der Waals surface area contributed by atoms with Crippen LogP contribution in [-0.4, -0.2) is 24.2 Å². The lowest BCUT2D eigenvalue weighted by Crippen LogP contribution is -2.31. The van der Waals surface area contributed by atoms with E-state index in [1.54, 1.807) is 43.3 Å². The zero-order valence-corrected chi connectivity index (χ0v) is 22.8. The van der Waals surface area contributed by atoms with Crippen molar-refractivity contribution >= 4 is 35.0 Å². The SMILES string of the molecule is CCOc1ccc(NC(=O)C2=C(C)NC(SCC(=O)Nc3cccc(C(F)(F)F)c3)=C(C#N)C2c2ccco2)cc1. The molecule has 2 aromatic carbocycles.